The van der Waals surface area contributed by atoms with Crippen molar-refractivity contribution in [2.24, 2.45) is 7.05 Å². The van der Waals surface area contributed by atoms with Crippen molar-refractivity contribution in [2.75, 3.05) is 24.2 Å². The fourth-order valence-electron chi connectivity index (χ4n) is 2.32. The molecule has 0 radical (unpaired) electrons. The van der Waals surface area contributed by atoms with Gasteiger partial charge in [0.15, 0.2) is 0 Å². The second kappa shape index (κ2) is 3.52. The number of nitrogens with two attached hydrogens (primary N) is 1. The van der Waals surface area contributed by atoms with E-state index >= 15 is 0 Å². The summed E-state index contributed by atoms with van der Waals surface area (Å²) in [6.45, 7) is 1.10. The number of hydrogen-bond acceptors (Lipinski definition) is 3. The van der Waals surface area contributed by atoms with E-state index < -0.39 is 0 Å². The molecule has 0 saturated carbocycles. The fraction of sp³-hybridized carbons (Fsp3) is 0.308. The molecule has 1 aliphatic heterocycles. The normalized spacial score (nSPS) is 14.1. The second-order valence-corrected chi connectivity index (χ2v) is 4.59. The van der Waals surface area contributed by atoms with Crippen molar-refractivity contribution in [1.82, 2.24) is 9.78 Å². The van der Waals surface area contributed by atoms with E-state index in [1.807, 2.05) is 13.1 Å². The second-order valence-electron chi connectivity index (χ2n) is 4.59. The minimum absolute atomic E-state index is 0.689. The molecule has 1 aromatic carbocycles. The number of rotatable bonds is 1. The lowest BCUT2D eigenvalue weighted by molar-refractivity contribution is 0.782. The summed E-state index contributed by atoms with van der Waals surface area (Å²) in [6.07, 6.45) is 1.14. The number of anilines is 2. The van der Waals surface area contributed by atoms with Crippen LogP contribution in [0.4, 0.5) is 11.5 Å². The maximum absolute atomic E-state index is 5.81. The van der Waals surface area contributed by atoms with E-state index in [0.717, 1.165) is 24.2 Å². The summed E-state index contributed by atoms with van der Waals surface area (Å²) in [7, 11) is 3.99. The molecule has 4 nitrogen and oxygen atoms in total. The van der Waals surface area contributed by atoms with Gasteiger partial charge in [-0.25, -0.2) is 0 Å². The molecular weight excluding hydrogens is 212 g/mol. The van der Waals surface area contributed by atoms with Crippen LogP contribution in [0.1, 0.15) is 5.56 Å². The molecule has 2 N–H and O–H groups in total. The van der Waals surface area contributed by atoms with Crippen LogP contribution in [0.25, 0.3) is 11.3 Å². The van der Waals surface area contributed by atoms with Gasteiger partial charge in [-0.1, -0.05) is 12.1 Å². The number of aryl methyl sites for hydroxylation is 1. The Morgan fingerprint density at radius 3 is 2.76 bits per heavy atom. The average molecular weight is 228 g/mol. The Bertz CT molecular complexity index is 551. The largest absolute Gasteiger partial charge is 0.384 e. The van der Waals surface area contributed by atoms with Crippen molar-refractivity contribution < 1.29 is 0 Å². The molecular formula is C13H16N4. The Kier molecular flexibility index (Phi) is 2.11. The zero-order chi connectivity index (χ0) is 12.0. The fourth-order valence-corrected chi connectivity index (χ4v) is 2.32. The topological polar surface area (TPSA) is 47.1 Å². The van der Waals surface area contributed by atoms with Crippen LogP contribution in [-0.4, -0.2) is 23.4 Å². The molecule has 1 aromatic heterocycles. The van der Waals surface area contributed by atoms with Crippen LogP contribution in [0.2, 0.25) is 0 Å². The first-order valence-corrected chi connectivity index (χ1v) is 5.79. The summed E-state index contributed by atoms with van der Waals surface area (Å²) in [5, 5.41) is 4.40. The van der Waals surface area contributed by atoms with E-state index in [1.165, 1.54) is 11.3 Å². The van der Waals surface area contributed by atoms with Gasteiger partial charge in [-0.05, 0) is 18.1 Å². The van der Waals surface area contributed by atoms with Crippen LogP contribution >= 0.6 is 0 Å². The number of nitrogen functional groups attached to an aromatic ring is 1. The van der Waals surface area contributed by atoms with Gasteiger partial charge in [-0.2, -0.15) is 5.10 Å². The molecule has 0 spiro atoms. The van der Waals surface area contributed by atoms with Gasteiger partial charge in [-0.3, -0.25) is 4.68 Å². The van der Waals surface area contributed by atoms with Gasteiger partial charge in [0.25, 0.3) is 0 Å². The van der Waals surface area contributed by atoms with E-state index in [-0.39, 0.29) is 0 Å². The number of likely N-dealkylation sites (N-methyl/N-ethyl adjacent to an activating group) is 1. The molecule has 0 fully saturated rings. The van der Waals surface area contributed by atoms with Crippen molar-refractivity contribution in [3.8, 4) is 11.3 Å². The maximum atomic E-state index is 5.81. The molecule has 17 heavy (non-hydrogen) atoms. The van der Waals surface area contributed by atoms with E-state index in [1.54, 1.807) is 4.68 Å². The minimum Gasteiger partial charge on any atom is -0.384 e. The third kappa shape index (κ3) is 1.56. The van der Waals surface area contributed by atoms with Crippen molar-refractivity contribution >= 4 is 11.5 Å². The summed E-state index contributed by atoms with van der Waals surface area (Å²) in [5.41, 5.74) is 10.6. The highest BCUT2D eigenvalue weighted by molar-refractivity contribution is 5.71. The summed E-state index contributed by atoms with van der Waals surface area (Å²) < 4.78 is 1.70. The van der Waals surface area contributed by atoms with Gasteiger partial charge in [0.1, 0.15) is 5.82 Å². The highest BCUT2D eigenvalue weighted by Gasteiger charge is 2.16. The van der Waals surface area contributed by atoms with Crippen LogP contribution in [0.15, 0.2) is 24.3 Å². The third-order valence-electron chi connectivity index (χ3n) is 3.42. The summed E-state index contributed by atoms with van der Waals surface area (Å²) in [6, 6.07) is 8.43. The Labute approximate surface area is 101 Å². The number of aromatic nitrogens is 2. The van der Waals surface area contributed by atoms with E-state index in [4.69, 9.17) is 5.73 Å². The lowest BCUT2D eigenvalue weighted by atomic mass is 10.1. The van der Waals surface area contributed by atoms with Gasteiger partial charge in [-0.15, -0.1) is 0 Å². The Balaban J connectivity index is 2.07. The van der Waals surface area contributed by atoms with Gasteiger partial charge in [0.05, 0.1) is 5.69 Å². The quantitative estimate of drug-likeness (QED) is 0.807. The van der Waals surface area contributed by atoms with Crippen molar-refractivity contribution in [2.45, 2.75) is 6.42 Å². The predicted molar refractivity (Wildman–Crippen MR) is 70.0 cm³/mol. The van der Waals surface area contributed by atoms with Gasteiger partial charge in [0, 0.05) is 38.0 Å². The third-order valence-corrected chi connectivity index (χ3v) is 3.42. The molecule has 3 rings (SSSR count). The van der Waals surface area contributed by atoms with E-state index in [2.05, 4.69) is 35.2 Å². The van der Waals surface area contributed by atoms with E-state index in [9.17, 15) is 0 Å². The highest BCUT2D eigenvalue weighted by Crippen LogP contribution is 2.31. The molecule has 2 aromatic rings. The Hall–Kier alpha value is -1.97. The van der Waals surface area contributed by atoms with Gasteiger partial charge in [0.2, 0.25) is 0 Å². The minimum atomic E-state index is 0.689. The molecule has 0 saturated heterocycles. The van der Waals surface area contributed by atoms with Crippen LogP contribution in [0.3, 0.4) is 0 Å². The molecule has 0 amide bonds. The van der Waals surface area contributed by atoms with Crippen molar-refractivity contribution in [1.29, 1.82) is 0 Å². The van der Waals surface area contributed by atoms with Crippen LogP contribution in [-0.2, 0) is 13.5 Å². The molecule has 2 heterocycles. The van der Waals surface area contributed by atoms with Gasteiger partial charge < -0.3 is 10.6 Å². The SMILES string of the molecule is CN1CCc2ccc(-c3cc(N)n(C)n3)cc21. The molecule has 0 atom stereocenters. The van der Waals surface area contributed by atoms with Gasteiger partial charge >= 0.3 is 0 Å². The number of hydrogen-bond donors (Lipinski definition) is 1. The highest BCUT2D eigenvalue weighted by atomic mass is 15.3. The molecule has 0 bridgehead atoms. The van der Waals surface area contributed by atoms with Crippen molar-refractivity contribution in [3.63, 3.8) is 0 Å². The number of nitrogens with zero attached hydrogens (tertiary/aromatic N) is 3. The monoisotopic (exact) mass is 228 g/mol. The first-order chi connectivity index (χ1) is 8.15. The zero-order valence-corrected chi connectivity index (χ0v) is 10.1. The summed E-state index contributed by atoms with van der Waals surface area (Å²) in [4.78, 5) is 2.28. The van der Waals surface area contributed by atoms with Crippen molar-refractivity contribution in [3.05, 3.63) is 29.8 Å². The molecule has 88 valence electrons. The lowest BCUT2D eigenvalue weighted by Crippen LogP contribution is -2.12. The summed E-state index contributed by atoms with van der Waals surface area (Å²) in [5.74, 6) is 0.689. The lowest BCUT2D eigenvalue weighted by Gasteiger charge is -2.12. The zero-order valence-electron chi connectivity index (χ0n) is 10.1. The molecule has 0 unspecified atom stereocenters. The van der Waals surface area contributed by atoms with Crippen LogP contribution in [0, 0.1) is 0 Å². The Morgan fingerprint density at radius 2 is 2.06 bits per heavy atom. The Morgan fingerprint density at radius 1 is 1.24 bits per heavy atom. The smallest absolute Gasteiger partial charge is 0.121 e. The van der Waals surface area contributed by atoms with E-state index in [0.29, 0.717) is 5.82 Å². The maximum Gasteiger partial charge on any atom is 0.121 e. The first-order valence-electron chi connectivity index (χ1n) is 5.79. The molecule has 4 heteroatoms. The summed E-state index contributed by atoms with van der Waals surface area (Å²) >= 11 is 0. The molecule has 0 aliphatic carbocycles. The average Bonchev–Trinajstić information content (AvgIpc) is 2.84. The standard InChI is InChI=1S/C13H16N4/c1-16-6-5-9-3-4-10(7-12(9)16)11-8-13(14)17(2)15-11/h3-4,7-8H,5-6,14H2,1-2H3. The first kappa shape index (κ1) is 10.2. The van der Waals surface area contributed by atoms with Crippen LogP contribution < -0.4 is 10.6 Å². The predicted octanol–water partition coefficient (Wildman–Crippen LogP) is 1.66. The number of benzene rings is 1. The molecule has 1 aliphatic rings. The van der Waals surface area contributed by atoms with Crippen LogP contribution in [0.5, 0.6) is 0 Å². The number of fused-ring (bicyclic) bond motifs is 1.